The summed E-state index contributed by atoms with van der Waals surface area (Å²) in [6, 6.07) is 12.3. The number of aryl methyl sites for hydroxylation is 1. The Morgan fingerprint density at radius 3 is 2.13 bits per heavy atom. The van der Waals surface area contributed by atoms with Gasteiger partial charge in [-0.25, -0.2) is 8.42 Å². The standard InChI is InChI=1S/C23H33N3O3S/c1-16(2)26(17(3)4)15-14-24-23(27)20-10-12-21(13-11-20)30(28,29)25-22-9-7-8-18(5)19(22)6/h7-13,16-17,25H,14-15H2,1-6H3,(H,24,27). The largest absolute Gasteiger partial charge is 0.351 e. The van der Waals surface area contributed by atoms with E-state index in [9.17, 15) is 13.2 Å². The zero-order valence-corrected chi connectivity index (χ0v) is 19.5. The lowest BCUT2D eigenvalue weighted by atomic mass is 10.1. The van der Waals surface area contributed by atoms with Crippen LogP contribution in [0, 0.1) is 13.8 Å². The summed E-state index contributed by atoms with van der Waals surface area (Å²) in [6.45, 7) is 13.6. The van der Waals surface area contributed by atoms with Crippen LogP contribution in [-0.4, -0.2) is 44.4 Å². The molecule has 0 unspecified atom stereocenters. The Morgan fingerprint density at radius 2 is 1.57 bits per heavy atom. The minimum atomic E-state index is -3.73. The molecule has 0 fully saturated rings. The Hall–Kier alpha value is -2.38. The molecule has 0 bridgehead atoms. The van der Waals surface area contributed by atoms with Crippen molar-refractivity contribution < 1.29 is 13.2 Å². The van der Waals surface area contributed by atoms with Gasteiger partial charge in [-0.15, -0.1) is 0 Å². The van der Waals surface area contributed by atoms with E-state index >= 15 is 0 Å². The summed E-state index contributed by atoms with van der Waals surface area (Å²) in [4.78, 5) is 14.8. The monoisotopic (exact) mass is 431 g/mol. The molecular weight excluding hydrogens is 398 g/mol. The Balaban J connectivity index is 2.03. The van der Waals surface area contributed by atoms with Crippen LogP contribution >= 0.6 is 0 Å². The van der Waals surface area contributed by atoms with E-state index in [0.29, 0.717) is 29.9 Å². The van der Waals surface area contributed by atoms with Gasteiger partial charge in [0, 0.05) is 30.7 Å². The Kier molecular flexibility index (Phi) is 8.03. The maximum absolute atomic E-state index is 12.7. The molecule has 0 radical (unpaired) electrons. The van der Waals surface area contributed by atoms with Gasteiger partial charge in [0.1, 0.15) is 0 Å². The van der Waals surface area contributed by atoms with Gasteiger partial charge in [-0.2, -0.15) is 0 Å². The van der Waals surface area contributed by atoms with Crippen molar-refractivity contribution in [2.45, 2.75) is 58.5 Å². The van der Waals surface area contributed by atoms with Gasteiger partial charge in [0.25, 0.3) is 15.9 Å². The molecule has 2 rings (SSSR count). The van der Waals surface area contributed by atoms with Gasteiger partial charge in [-0.1, -0.05) is 12.1 Å². The summed E-state index contributed by atoms with van der Waals surface area (Å²) in [5.74, 6) is -0.214. The third-order valence-corrected chi connectivity index (χ3v) is 6.64. The third-order valence-electron chi connectivity index (χ3n) is 5.26. The molecule has 0 aliphatic heterocycles. The fourth-order valence-electron chi connectivity index (χ4n) is 3.36. The number of carbonyl (C=O) groups is 1. The number of amides is 1. The topological polar surface area (TPSA) is 78.5 Å². The lowest BCUT2D eigenvalue weighted by Crippen LogP contribution is -2.42. The molecule has 7 heteroatoms. The van der Waals surface area contributed by atoms with Crippen molar-refractivity contribution in [1.82, 2.24) is 10.2 Å². The molecule has 1 amide bonds. The molecule has 164 valence electrons. The van der Waals surface area contributed by atoms with Crippen LogP contribution < -0.4 is 10.0 Å². The van der Waals surface area contributed by atoms with E-state index in [1.54, 1.807) is 6.07 Å². The first-order valence-corrected chi connectivity index (χ1v) is 11.7. The molecule has 0 saturated heterocycles. The number of sulfonamides is 1. The highest BCUT2D eigenvalue weighted by Gasteiger charge is 2.17. The summed E-state index contributed by atoms with van der Waals surface area (Å²) in [7, 11) is -3.73. The fourth-order valence-corrected chi connectivity index (χ4v) is 4.49. The zero-order valence-electron chi connectivity index (χ0n) is 18.7. The number of nitrogens with one attached hydrogen (secondary N) is 2. The second kappa shape index (κ2) is 10.1. The molecule has 0 saturated carbocycles. The summed E-state index contributed by atoms with van der Waals surface area (Å²) in [5.41, 5.74) is 2.88. The molecule has 0 heterocycles. The first-order valence-electron chi connectivity index (χ1n) is 10.3. The summed E-state index contributed by atoms with van der Waals surface area (Å²) < 4.78 is 28.0. The summed E-state index contributed by atoms with van der Waals surface area (Å²) in [5, 5.41) is 2.91. The highest BCUT2D eigenvalue weighted by molar-refractivity contribution is 7.92. The molecule has 2 N–H and O–H groups in total. The summed E-state index contributed by atoms with van der Waals surface area (Å²) >= 11 is 0. The van der Waals surface area contributed by atoms with E-state index in [1.165, 1.54) is 24.3 Å². The molecule has 30 heavy (non-hydrogen) atoms. The molecule has 0 aromatic heterocycles. The number of carbonyl (C=O) groups excluding carboxylic acids is 1. The van der Waals surface area contributed by atoms with Crippen LogP contribution in [0.5, 0.6) is 0 Å². The van der Waals surface area contributed by atoms with Crippen molar-refractivity contribution in [1.29, 1.82) is 0 Å². The Bertz CT molecular complexity index is 960. The minimum Gasteiger partial charge on any atom is -0.351 e. The van der Waals surface area contributed by atoms with Crippen LogP contribution in [0.15, 0.2) is 47.4 Å². The van der Waals surface area contributed by atoms with Crippen LogP contribution in [0.2, 0.25) is 0 Å². The first-order chi connectivity index (χ1) is 14.0. The van der Waals surface area contributed by atoms with Gasteiger partial charge in [-0.05, 0) is 83.0 Å². The predicted octanol–water partition coefficient (Wildman–Crippen LogP) is 3.95. The van der Waals surface area contributed by atoms with E-state index in [2.05, 4.69) is 42.6 Å². The lowest BCUT2D eigenvalue weighted by molar-refractivity contribution is 0.0939. The van der Waals surface area contributed by atoms with Gasteiger partial charge in [0.05, 0.1) is 10.6 Å². The third kappa shape index (κ3) is 6.06. The molecule has 0 atom stereocenters. The van der Waals surface area contributed by atoms with Crippen LogP contribution in [0.3, 0.4) is 0 Å². The second-order valence-corrected chi connectivity index (χ2v) is 9.74. The van der Waals surface area contributed by atoms with Crippen molar-refractivity contribution in [3.05, 3.63) is 59.2 Å². The van der Waals surface area contributed by atoms with Gasteiger partial charge in [0.15, 0.2) is 0 Å². The van der Waals surface area contributed by atoms with E-state index in [0.717, 1.165) is 17.7 Å². The maximum Gasteiger partial charge on any atom is 0.261 e. The SMILES string of the molecule is Cc1cccc(NS(=O)(=O)c2ccc(C(=O)NCCN(C(C)C)C(C)C)cc2)c1C. The number of nitrogens with zero attached hydrogens (tertiary/aromatic N) is 1. The van der Waals surface area contributed by atoms with Gasteiger partial charge in [-0.3, -0.25) is 14.4 Å². The van der Waals surface area contributed by atoms with Crippen LogP contribution in [0.25, 0.3) is 0 Å². The van der Waals surface area contributed by atoms with Gasteiger partial charge < -0.3 is 5.32 Å². The Morgan fingerprint density at radius 1 is 0.967 bits per heavy atom. The Labute approximate surface area is 180 Å². The van der Waals surface area contributed by atoms with Gasteiger partial charge in [0.2, 0.25) is 0 Å². The van der Waals surface area contributed by atoms with E-state index in [1.807, 2.05) is 26.0 Å². The van der Waals surface area contributed by atoms with Gasteiger partial charge >= 0.3 is 0 Å². The van der Waals surface area contributed by atoms with Crippen molar-refractivity contribution in [2.75, 3.05) is 17.8 Å². The quantitative estimate of drug-likeness (QED) is 0.630. The van der Waals surface area contributed by atoms with Crippen LogP contribution in [0.4, 0.5) is 5.69 Å². The van der Waals surface area contributed by atoms with Crippen LogP contribution in [-0.2, 0) is 10.0 Å². The van der Waals surface area contributed by atoms with Crippen LogP contribution in [0.1, 0.15) is 49.2 Å². The molecular formula is C23H33N3O3S. The average Bonchev–Trinajstić information content (AvgIpc) is 2.68. The molecule has 0 aliphatic carbocycles. The molecule has 6 nitrogen and oxygen atoms in total. The van der Waals surface area contributed by atoms with Crippen molar-refractivity contribution >= 4 is 21.6 Å². The molecule has 0 spiro atoms. The van der Waals surface area contributed by atoms with E-state index in [4.69, 9.17) is 0 Å². The van der Waals surface area contributed by atoms with Crippen molar-refractivity contribution in [3.63, 3.8) is 0 Å². The number of anilines is 1. The molecule has 2 aromatic rings. The number of benzene rings is 2. The highest BCUT2D eigenvalue weighted by Crippen LogP contribution is 2.22. The summed E-state index contributed by atoms with van der Waals surface area (Å²) in [6.07, 6.45) is 0. The number of hydrogen-bond donors (Lipinski definition) is 2. The molecule has 0 aliphatic rings. The van der Waals surface area contributed by atoms with E-state index in [-0.39, 0.29) is 10.8 Å². The fraction of sp³-hybridized carbons (Fsp3) is 0.435. The normalized spacial score (nSPS) is 11.9. The number of rotatable bonds is 9. The predicted molar refractivity (Wildman–Crippen MR) is 122 cm³/mol. The second-order valence-electron chi connectivity index (χ2n) is 8.06. The smallest absolute Gasteiger partial charge is 0.261 e. The highest BCUT2D eigenvalue weighted by atomic mass is 32.2. The van der Waals surface area contributed by atoms with Crippen molar-refractivity contribution in [2.24, 2.45) is 0 Å². The maximum atomic E-state index is 12.7. The molecule has 2 aromatic carbocycles. The zero-order chi connectivity index (χ0) is 22.5. The lowest BCUT2D eigenvalue weighted by Gasteiger charge is -2.30. The average molecular weight is 432 g/mol. The number of hydrogen-bond acceptors (Lipinski definition) is 4. The minimum absolute atomic E-state index is 0.116. The van der Waals surface area contributed by atoms with Crippen molar-refractivity contribution in [3.8, 4) is 0 Å². The first kappa shape index (κ1) is 23.9. The van der Waals surface area contributed by atoms with E-state index < -0.39 is 10.0 Å².